The van der Waals surface area contributed by atoms with Crippen molar-refractivity contribution in [2.75, 3.05) is 13.6 Å². The molecule has 1 heterocycles. The Balaban J connectivity index is 1.85. The second-order valence-electron chi connectivity index (χ2n) is 7.74. The minimum Gasteiger partial charge on any atom is -0.465 e. The van der Waals surface area contributed by atoms with E-state index in [1.165, 1.54) is 37.8 Å². The highest BCUT2D eigenvalue weighted by molar-refractivity contribution is 5.21. The average molecular weight is 292 g/mol. The number of furan rings is 1. The Kier molecular flexibility index (Phi) is 5.50. The Hall–Kier alpha value is -0.800. The summed E-state index contributed by atoms with van der Waals surface area (Å²) in [5.74, 6) is 3.04. The summed E-state index contributed by atoms with van der Waals surface area (Å²) in [7, 11) is 2.21. The van der Waals surface area contributed by atoms with Crippen molar-refractivity contribution in [1.29, 1.82) is 0 Å². The number of nitrogens with one attached hydrogen (secondary N) is 1. The van der Waals surface area contributed by atoms with Gasteiger partial charge in [-0.2, -0.15) is 0 Å². The van der Waals surface area contributed by atoms with Crippen LogP contribution in [0.5, 0.6) is 0 Å². The fourth-order valence-corrected chi connectivity index (χ4v) is 3.17. The first-order chi connectivity index (χ1) is 9.83. The van der Waals surface area contributed by atoms with Crippen molar-refractivity contribution in [3.63, 3.8) is 0 Å². The van der Waals surface area contributed by atoms with Crippen LogP contribution in [0.4, 0.5) is 0 Å². The van der Waals surface area contributed by atoms with E-state index in [1.807, 2.05) is 0 Å². The lowest BCUT2D eigenvalue weighted by atomic mass is 10.1. The second-order valence-corrected chi connectivity index (χ2v) is 7.74. The molecule has 0 unspecified atom stereocenters. The Labute approximate surface area is 130 Å². The molecule has 1 aromatic heterocycles. The highest BCUT2D eigenvalue weighted by Crippen LogP contribution is 2.26. The van der Waals surface area contributed by atoms with Crippen molar-refractivity contribution in [3.8, 4) is 0 Å². The number of hydrogen-bond acceptors (Lipinski definition) is 3. The molecule has 0 saturated heterocycles. The SMILES string of the molecule is Cc1oc(CN(C)CC2CCCC2)cc1CNC(C)(C)C. The molecule has 1 aliphatic rings. The van der Waals surface area contributed by atoms with Gasteiger partial charge in [0, 0.05) is 24.2 Å². The van der Waals surface area contributed by atoms with E-state index >= 15 is 0 Å². The highest BCUT2D eigenvalue weighted by Gasteiger charge is 2.18. The summed E-state index contributed by atoms with van der Waals surface area (Å²) in [5.41, 5.74) is 1.43. The van der Waals surface area contributed by atoms with Crippen molar-refractivity contribution in [3.05, 3.63) is 23.2 Å². The smallest absolute Gasteiger partial charge is 0.118 e. The summed E-state index contributed by atoms with van der Waals surface area (Å²) in [6, 6.07) is 2.22. The molecule has 0 bridgehead atoms. The van der Waals surface area contributed by atoms with Crippen LogP contribution in [0.2, 0.25) is 0 Å². The lowest BCUT2D eigenvalue weighted by Crippen LogP contribution is -2.35. The van der Waals surface area contributed by atoms with Crippen molar-refractivity contribution < 1.29 is 4.42 Å². The lowest BCUT2D eigenvalue weighted by molar-refractivity contribution is 0.249. The molecule has 3 nitrogen and oxygen atoms in total. The maximum absolute atomic E-state index is 5.93. The van der Waals surface area contributed by atoms with E-state index in [1.54, 1.807) is 0 Å². The molecule has 21 heavy (non-hydrogen) atoms. The van der Waals surface area contributed by atoms with Gasteiger partial charge in [0.25, 0.3) is 0 Å². The summed E-state index contributed by atoms with van der Waals surface area (Å²) in [6.07, 6.45) is 5.65. The van der Waals surface area contributed by atoms with Crippen LogP contribution in [0.3, 0.4) is 0 Å². The van der Waals surface area contributed by atoms with E-state index in [4.69, 9.17) is 4.42 Å². The zero-order chi connectivity index (χ0) is 15.5. The molecule has 2 rings (SSSR count). The molecule has 0 amide bonds. The molecule has 3 heteroatoms. The average Bonchev–Trinajstić information content (AvgIpc) is 2.96. The third-order valence-corrected chi connectivity index (χ3v) is 4.35. The van der Waals surface area contributed by atoms with E-state index < -0.39 is 0 Å². The summed E-state index contributed by atoms with van der Waals surface area (Å²) >= 11 is 0. The van der Waals surface area contributed by atoms with Gasteiger partial charge in [0.15, 0.2) is 0 Å². The molecule has 0 aliphatic heterocycles. The maximum atomic E-state index is 5.93. The third-order valence-electron chi connectivity index (χ3n) is 4.35. The topological polar surface area (TPSA) is 28.4 Å². The molecular weight excluding hydrogens is 260 g/mol. The van der Waals surface area contributed by atoms with Gasteiger partial charge >= 0.3 is 0 Å². The molecule has 0 atom stereocenters. The Morgan fingerprint density at radius 2 is 1.95 bits per heavy atom. The lowest BCUT2D eigenvalue weighted by Gasteiger charge is -2.20. The number of rotatable bonds is 6. The fraction of sp³-hybridized carbons (Fsp3) is 0.778. The van der Waals surface area contributed by atoms with Gasteiger partial charge in [-0.15, -0.1) is 0 Å². The van der Waals surface area contributed by atoms with E-state index in [0.29, 0.717) is 0 Å². The molecule has 0 aromatic carbocycles. The summed E-state index contributed by atoms with van der Waals surface area (Å²) in [6.45, 7) is 11.7. The molecular formula is C18H32N2O. The minimum atomic E-state index is 0.142. The number of aryl methyl sites for hydroxylation is 1. The Morgan fingerprint density at radius 3 is 2.57 bits per heavy atom. The van der Waals surface area contributed by atoms with Gasteiger partial charge in [-0.1, -0.05) is 12.8 Å². The molecule has 120 valence electrons. The Morgan fingerprint density at radius 1 is 1.29 bits per heavy atom. The first-order valence-corrected chi connectivity index (χ1v) is 8.35. The number of nitrogens with zero attached hydrogens (tertiary/aromatic N) is 1. The fourth-order valence-electron chi connectivity index (χ4n) is 3.17. The van der Waals surface area contributed by atoms with Crippen LogP contribution in [-0.4, -0.2) is 24.0 Å². The van der Waals surface area contributed by atoms with Gasteiger partial charge in [-0.25, -0.2) is 0 Å². The Bertz CT molecular complexity index is 439. The van der Waals surface area contributed by atoms with Gasteiger partial charge in [0.05, 0.1) is 6.54 Å². The van der Waals surface area contributed by atoms with Crippen molar-refractivity contribution in [2.45, 2.75) is 72.0 Å². The maximum Gasteiger partial charge on any atom is 0.118 e. The van der Waals surface area contributed by atoms with Crippen LogP contribution in [0, 0.1) is 12.8 Å². The molecule has 1 fully saturated rings. The third kappa shape index (κ3) is 5.48. The monoisotopic (exact) mass is 292 g/mol. The van der Waals surface area contributed by atoms with Crippen LogP contribution in [0.25, 0.3) is 0 Å². The van der Waals surface area contributed by atoms with Crippen LogP contribution in [-0.2, 0) is 13.1 Å². The van der Waals surface area contributed by atoms with Crippen LogP contribution in [0.15, 0.2) is 10.5 Å². The molecule has 0 radical (unpaired) electrons. The van der Waals surface area contributed by atoms with Gasteiger partial charge in [-0.3, -0.25) is 4.90 Å². The van der Waals surface area contributed by atoms with E-state index in [9.17, 15) is 0 Å². The van der Waals surface area contributed by atoms with Gasteiger partial charge in [-0.05, 0) is 59.6 Å². The predicted molar refractivity (Wildman–Crippen MR) is 88.3 cm³/mol. The summed E-state index contributed by atoms with van der Waals surface area (Å²) in [5, 5.41) is 3.53. The minimum absolute atomic E-state index is 0.142. The van der Waals surface area contributed by atoms with Crippen LogP contribution >= 0.6 is 0 Å². The summed E-state index contributed by atoms with van der Waals surface area (Å²) in [4.78, 5) is 2.41. The van der Waals surface area contributed by atoms with E-state index in [-0.39, 0.29) is 5.54 Å². The molecule has 0 spiro atoms. The van der Waals surface area contributed by atoms with Crippen LogP contribution < -0.4 is 5.32 Å². The van der Waals surface area contributed by atoms with Gasteiger partial charge in [0.2, 0.25) is 0 Å². The van der Waals surface area contributed by atoms with Gasteiger partial charge in [0.1, 0.15) is 11.5 Å². The quantitative estimate of drug-likeness (QED) is 0.855. The molecule has 1 N–H and O–H groups in total. The molecule has 1 saturated carbocycles. The highest BCUT2D eigenvalue weighted by atomic mass is 16.3. The van der Waals surface area contributed by atoms with Gasteiger partial charge < -0.3 is 9.73 Å². The summed E-state index contributed by atoms with van der Waals surface area (Å²) < 4.78 is 5.93. The molecule has 1 aliphatic carbocycles. The second kappa shape index (κ2) is 6.97. The van der Waals surface area contributed by atoms with Crippen LogP contribution in [0.1, 0.15) is 63.5 Å². The first-order valence-electron chi connectivity index (χ1n) is 8.35. The predicted octanol–water partition coefficient (Wildman–Crippen LogP) is 4.10. The standard InChI is InChI=1S/C18H32N2O/c1-14-16(11-19-18(2,3)4)10-17(21-14)13-20(5)12-15-8-6-7-9-15/h10,15,19H,6-9,11-13H2,1-5H3. The van der Waals surface area contributed by atoms with Crippen molar-refractivity contribution in [2.24, 2.45) is 5.92 Å². The normalized spacial score (nSPS) is 17.0. The zero-order valence-corrected chi connectivity index (χ0v) is 14.5. The first kappa shape index (κ1) is 16.6. The van der Waals surface area contributed by atoms with Crippen molar-refractivity contribution in [1.82, 2.24) is 10.2 Å². The van der Waals surface area contributed by atoms with E-state index in [0.717, 1.165) is 30.5 Å². The van der Waals surface area contributed by atoms with Crippen molar-refractivity contribution >= 4 is 0 Å². The largest absolute Gasteiger partial charge is 0.465 e. The number of hydrogen-bond donors (Lipinski definition) is 1. The zero-order valence-electron chi connectivity index (χ0n) is 14.5. The molecule has 1 aromatic rings. The van der Waals surface area contributed by atoms with E-state index in [2.05, 4.69) is 51.0 Å².